The third-order valence-electron chi connectivity index (χ3n) is 4.52. The number of carbonyl (C=O) groups is 2. The Hall–Kier alpha value is -4.30. The summed E-state index contributed by atoms with van der Waals surface area (Å²) in [6.45, 7) is 3.75. The topological polar surface area (TPSA) is 98.3 Å². The minimum absolute atomic E-state index is 0.172. The number of halogens is 1. The summed E-state index contributed by atoms with van der Waals surface area (Å²) in [5, 5.41) is 7.29. The van der Waals surface area contributed by atoms with Crippen LogP contribution in [0.15, 0.2) is 84.5 Å². The molecule has 9 heteroatoms. The number of carbonyl (C=O) groups excluding carboxylic acids is 2. The summed E-state index contributed by atoms with van der Waals surface area (Å²) >= 11 is 5.84. The predicted molar refractivity (Wildman–Crippen MR) is 136 cm³/mol. The Morgan fingerprint density at radius 2 is 1.83 bits per heavy atom. The monoisotopic (exact) mass is 493 g/mol. The van der Waals surface area contributed by atoms with Crippen molar-refractivity contribution in [3.63, 3.8) is 0 Å². The van der Waals surface area contributed by atoms with Gasteiger partial charge in [0.15, 0.2) is 18.1 Å². The van der Waals surface area contributed by atoms with Gasteiger partial charge < -0.3 is 19.5 Å². The molecule has 0 heterocycles. The molecule has 0 atom stereocenters. The van der Waals surface area contributed by atoms with E-state index in [4.69, 9.17) is 25.8 Å². The molecule has 2 amide bonds. The van der Waals surface area contributed by atoms with E-state index < -0.39 is 5.91 Å². The van der Waals surface area contributed by atoms with Gasteiger partial charge in [0.25, 0.3) is 11.8 Å². The second-order valence-corrected chi connectivity index (χ2v) is 7.52. The maximum atomic E-state index is 12.4. The molecule has 0 spiro atoms. The Kier molecular flexibility index (Phi) is 9.27. The standard InChI is InChI=1S/C26H24ClN3O5/c1-3-13-34-23-12-7-19(15-24(23)33-2)26(32)30-28-16-18-5-4-6-22(14-18)35-17-25(31)29-21-10-8-20(27)9-11-21/h3-12,14-16H,1,13,17H2,2H3,(H,29,31)(H,30,32)/b28-16+. The molecule has 3 aromatic rings. The van der Waals surface area contributed by atoms with Crippen molar-refractivity contribution >= 4 is 35.3 Å². The van der Waals surface area contributed by atoms with Crippen LogP contribution in [-0.4, -0.2) is 38.4 Å². The number of nitrogens with one attached hydrogen (secondary N) is 2. The molecule has 2 N–H and O–H groups in total. The molecule has 0 aromatic heterocycles. The lowest BCUT2D eigenvalue weighted by atomic mass is 10.2. The van der Waals surface area contributed by atoms with Gasteiger partial charge in [0.1, 0.15) is 12.4 Å². The fraction of sp³-hybridized carbons (Fsp3) is 0.115. The van der Waals surface area contributed by atoms with E-state index in [2.05, 4.69) is 22.4 Å². The van der Waals surface area contributed by atoms with Crippen molar-refractivity contribution in [2.45, 2.75) is 0 Å². The highest BCUT2D eigenvalue weighted by atomic mass is 35.5. The second kappa shape index (κ2) is 12.8. The number of hydrogen-bond acceptors (Lipinski definition) is 6. The molecule has 0 fully saturated rings. The first-order valence-electron chi connectivity index (χ1n) is 10.5. The van der Waals surface area contributed by atoms with Crippen LogP contribution in [0.3, 0.4) is 0 Å². The summed E-state index contributed by atoms with van der Waals surface area (Å²) < 4.78 is 16.3. The van der Waals surface area contributed by atoms with Gasteiger partial charge in [-0.05, 0) is 60.2 Å². The number of nitrogens with zero attached hydrogens (tertiary/aromatic N) is 1. The SMILES string of the molecule is C=CCOc1ccc(C(=O)N/N=C/c2cccc(OCC(=O)Nc3ccc(Cl)cc3)c2)cc1OC. The van der Waals surface area contributed by atoms with Gasteiger partial charge in [0, 0.05) is 16.3 Å². The fourth-order valence-electron chi connectivity index (χ4n) is 2.87. The number of methoxy groups -OCH3 is 1. The average molecular weight is 494 g/mol. The Balaban J connectivity index is 1.53. The molecule has 0 aliphatic rings. The molecule has 8 nitrogen and oxygen atoms in total. The highest BCUT2D eigenvalue weighted by Gasteiger charge is 2.10. The van der Waals surface area contributed by atoms with Gasteiger partial charge in [-0.2, -0.15) is 5.10 Å². The van der Waals surface area contributed by atoms with Crippen LogP contribution in [0, 0.1) is 0 Å². The lowest BCUT2D eigenvalue weighted by molar-refractivity contribution is -0.118. The second-order valence-electron chi connectivity index (χ2n) is 7.08. The summed E-state index contributed by atoms with van der Waals surface area (Å²) in [4.78, 5) is 24.5. The van der Waals surface area contributed by atoms with E-state index >= 15 is 0 Å². The van der Waals surface area contributed by atoms with Crippen LogP contribution in [-0.2, 0) is 4.79 Å². The Morgan fingerprint density at radius 3 is 2.57 bits per heavy atom. The Bertz CT molecular complexity index is 1210. The molecular formula is C26H24ClN3O5. The number of benzene rings is 3. The van der Waals surface area contributed by atoms with Gasteiger partial charge in [-0.1, -0.05) is 36.4 Å². The summed E-state index contributed by atoms with van der Waals surface area (Å²) in [7, 11) is 1.49. The maximum Gasteiger partial charge on any atom is 0.271 e. The summed E-state index contributed by atoms with van der Waals surface area (Å²) in [6, 6.07) is 18.5. The first-order valence-corrected chi connectivity index (χ1v) is 10.9. The number of amides is 2. The molecule has 0 aliphatic heterocycles. The van der Waals surface area contributed by atoms with Crippen LogP contribution in [0.25, 0.3) is 0 Å². The lowest BCUT2D eigenvalue weighted by Gasteiger charge is -2.10. The van der Waals surface area contributed by atoms with Gasteiger partial charge in [-0.3, -0.25) is 9.59 Å². The number of hydrazone groups is 1. The zero-order valence-corrected chi connectivity index (χ0v) is 19.7. The highest BCUT2D eigenvalue weighted by Crippen LogP contribution is 2.28. The molecule has 3 rings (SSSR count). The molecule has 0 saturated carbocycles. The minimum Gasteiger partial charge on any atom is -0.493 e. The maximum absolute atomic E-state index is 12.4. The van der Waals surface area contributed by atoms with Crippen LogP contribution < -0.4 is 25.0 Å². The van der Waals surface area contributed by atoms with E-state index in [0.29, 0.717) is 45.7 Å². The highest BCUT2D eigenvalue weighted by molar-refractivity contribution is 6.30. The molecule has 3 aromatic carbocycles. The van der Waals surface area contributed by atoms with Crippen LogP contribution in [0.1, 0.15) is 15.9 Å². The van der Waals surface area contributed by atoms with Crippen LogP contribution in [0.2, 0.25) is 5.02 Å². The van der Waals surface area contributed by atoms with E-state index in [0.717, 1.165) is 0 Å². The number of ether oxygens (including phenoxy) is 3. The van der Waals surface area contributed by atoms with E-state index in [9.17, 15) is 9.59 Å². The van der Waals surface area contributed by atoms with Crippen LogP contribution in [0.5, 0.6) is 17.2 Å². The summed E-state index contributed by atoms with van der Waals surface area (Å²) in [6.07, 6.45) is 3.09. The molecule has 0 saturated heterocycles. The van der Waals surface area contributed by atoms with Crippen molar-refractivity contribution in [1.82, 2.24) is 5.43 Å². The van der Waals surface area contributed by atoms with Crippen molar-refractivity contribution in [3.05, 3.63) is 95.5 Å². The van der Waals surface area contributed by atoms with Crippen molar-refractivity contribution in [2.24, 2.45) is 5.10 Å². The van der Waals surface area contributed by atoms with Crippen molar-refractivity contribution in [2.75, 3.05) is 25.6 Å². The van der Waals surface area contributed by atoms with Gasteiger partial charge in [-0.15, -0.1) is 0 Å². The van der Waals surface area contributed by atoms with Gasteiger partial charge in [-0.25, -0.2) is 5.43 Å². The first-order chi connectivity index (χ1) is 17.0. The first kappa shape index (κ1) is 25.3. The van der Waals surface area contributed by atoms with Crippen molar-refractivity contribution < 1.29 is 23.8 Å². The van der Waals surface area contributed by atoms with Crippen molar-refractivity contribution in [1.29, 1.82) is 0 Å². The molecule has 0 radical (unpaired) electrons. The fourth-order valence-corrected chi connectivity index (χ4v) is 3.00. The van der Waals surface area contributed by atoms with E-state index in [-0.39, 0.29) is 12.5 Å². The van der Waals surface area contributed by atoms with Crippen molar-refractivity contribution in [3.8, 4) is 17.2 Å². The third kappa shape index (κ3) is 7.90. The minimum atomic E-state index is -0.416. The quantitative estimate of drug-likeness (QED) is 0.229. The average Bonchev–Trinajstić information content (AvgIpc) is 2.87. The molecular weight excluding hydrogens is 470 g/mol. The van der Waals surface area contributed by atoms with Gasteiger partial charge in [0.05, 0.1) is 13.3 Å². The van der Waals surface area contributed by atoms with Gasteiger partial charge in [0.2, 0.25) is 0 Å². The third-order valence-corrected chi connectivity index (χ3v) is 4.77. The summed E-state index contributed by atoms with van der Waals surface area (Å²) in [5.74, 6) is 0.682. The Morgan fingerprint density at radius 1 is 1.03 bits per heavy atom. The number of rotatable bonds is 11. The van der Waals surface area contributed by atoms with E-state index in [1.807, 2.05) is 0 Å². The molecule has 0 bridgehead atoms. The Labute approximate surface area is 208 Å². The van der Waals surface area contributed by atoms with E-state index in [1.165, 1.54) is 13.3 Å². The molecule has 35 heavy (non-hydrogen) atoms. The smallest absolute Gasteiger partial charge is 0.271 e. The normalized spacial score (nSPS) is 10.5. The zero-order valence-electron chi connectivity index (χ0n) is 19.0. The molecule has 0 unspecified atom stereocenters. The summed E-state index contributed by atoms with van der Waals surface area (Å²) in [5.41, 5.74) is 4.12. The number of hydrogen-bond donors (Lipinski definition) is 2. The largest absolute Gasteiger partial charge is 0.493 e. The molecule has 180 valence electrons. The van der Waals surface area contributed by atoms with Gasteiger partial charge >= 0.3 is 0 Å². The number of anilines is 1. The lowest BCUT2D eigenvalue weighted by Crippen LogP contribution is -2.20. The van der Waals surface area contributed by atoms with Crippen LogP contribution in [0.4, 0.5) is 5.69 Å². The zero-order chi connectivity index (χ0) is 25.0. The predicted octanol–water partition coefficient (Wildman–Crippen LogP) is 4.69. The van der Waals surface area contributed by atoms with Crippen LogP contribution >= 0.6 is 11.6 Å². The molecule has 0 aliphatic carbocycles. The van der Waals surface area contributed by atoms with E-state index in [1.54, 1.807) is 72.8 Å².